The average molecular weight is 238 g/mol. The van der Waals surface area contributed by atoms with Crippen molar-refractivity contribution in [3.63, 3.8) is 0 Å². The minimum absolute atomic E-state index is 0.114. The molecule has 0 bridgehead atoms. The fraction of sp³-hybridized carbons (Fsp3) is 0.538. The van der Waals surface area contributed by atoms with E-state index in [0.717, 1.165) is 17.1 Å². The molecule has 0 amide bonds. The Morgan fingerprint density at radius 2 is 1.94 bits per heavy atom. The summed E-state index contributed by atoms with van der Waals surface area (Å²) < 4.78 is 11.2. The highest BCUT2D eigenvalue weighted by atomic mass is 16.5. The van der Waals surface area contributed by atoms with Gasteiger partial charge in [-0.15, -0.1) is 0 Å². The molecule has 0 aliphatic carbocycles. The molecule has 1 aromatic rings. The highest BCUT2D eigenvalue weighted by Crippen LogP contribution is 2.30. The lowest BCUT2D eigenvalue weighted by Gasteiger charge is -2.17. The van der Waals surface area contributed by atoms with Crippen LogP contribution in [0, 0.1) is 0 Å². The molecule has 0 saturated carbocycles. The lowest BCUT2D eigenvalue weighted by molar-refractivity contribution is 0.223. The van der Waals surface area contributed by atoms with Crippen LogP contribution in [0.1, 0.15) is 32.4 Å². The zero-order valence-electron chi connectivity index (χ0n) is 10.8. The Morgan fingerprint density at radius 1 is 1.24 bits per heavy atom. The quantitative estimate of drug-likeness (QED) is 0.793. The molecule has 4 nitrogen and oxygen atoms in total. The maximum absolute atomic E-state index is 5.89. The van der Waals surface area contributed by atoms with Crippen LogP contribution < -0.4 is 20.9 Å². The Hall–Kier alpha value is -1.26. The minimum atomic E-state index is -0.165. The third-order valence-corrected chi connectivity index (χ3v) is 2.31. The van der Waals surface area contributed by atoms with Gasteiger partial charge in [-0.05, 0) is 38.5 Å². The number of benzene rings is 1. The van der Waals surface area contributed by atoms with Crippen LogP contribution in [0.5, 0.6) is 11.5 Å². The van der Waals surface area contributed by atoms with E-state index in [2.05, 4.69) is 0 Å². The van der Waals surface area contributed by atoms with E-state index in [-0.39, 0.29) is 12.1 Å². The molecule has 4 heteroatoms. The number of hydrogen-bond donors (Lipinski definition) is 2. The molecular formula is C13H22N2O2. The van der Waals surface area contributed by atoms with Gasteiger partial charge in [0, 0.05) is 12.6 Å². The van der Waals surface area contributed by atoms with Crippen molar-refractivity contribution in [2.45, 2.75) is 32.9 Å². The van der Waals surface area contributed by atoms with Crippen molar-refractivity contribution in [2.75, 3.05) is 13.2 Å². The highest BCUT2D eigenvalue weighted by molar-refractivity contribution is 5.44. The molecule has 17 heavy (non-hydrogen) atoms. The normalized spacial score (nSPS) is 12.6. The monoisotopic (exact) mass is 238 g/mol. The van der Waals surface area contributed by atoms with E-state index in [4.69, 9.17) is 20.9 Å². The highest BCUT2D eigenvalue weighted by Gasteiger charge is 2.11. The van der Waals surface area contributed by atoms with Crippen LogP contribution >= 0.6 is 0 Å². The van der Waals surface area contributed by atoms with Crippen molar-refractivity contribution in [3.05, 3.63) is 23.8 Å². The van der Waals surface area contributed by atoms with E-state index >= 15 is 0 Å². The largest absolute Gasteiger partial charge is 0.490 e. The molecule has 0 unspecified atom stereocenters. The maximum Gasteiger partial charge on any atom is 0.161 e. The van der Waals surface area contributed by atoms with Gasteiger partial charge in [-0.3, -0.25) is 0 Å². The van der Waals surface area contributed by atoms with Crippen LogP contribution in [-0.2, 0) is 0 Å². The summed E-state index contributed by atoms with van der Waals surface area (Å²) >= 11 is 0. The van der Waals surface area contributed by atoms with Gasteiger partial charge < -0.3 is 20.9 Å². The molecule has 4 N–H and O–H groups in total. The van der Waals surface area contributed by atoms with E-state index in [1.54, 1.807) is 0 Å². The number of hydrogen-bond acceptors (Lipinski definition) is 4. The van der Waals surface area contributed by atoms with Gasteiger partial charge in [-0.1, -0.05) is 6.07 Å². The molecule has 0 radical (unpaired) electrons. The molecule has 0 saturated heterocycles. The molecular weight excluding hydrogens is 216 g/mol. The molecule has 0 aliphatic rings. The predicted molar refractivity (Wildman–Crippen MR) is 69.4 cm³/mol. The van der Waals surface area contributed by atoms with E-state index in [1.165, 1.54) is 0 Å². The fourth-order valence-corrected chi connectivity index (χ4v) is 1.51. The predicted octanol–water partition coefficient (Wildman–Crippen LogP) is 1.83. The van der Waals surface area contributed by atoms with Crippen LogP contribution in [0.4, 0.5) is 0 Å². The molecule has 0 aromatic heterocycles. The minimum Gasteiger partial charge on any atom is -0.490 e. The summed E-state index contributed by atoms with van der Waals surface area (Å²) in [5, 5.41) is 0. The first-order chi connectivity index (χ1) is 8.08. The summed E-state index contributed by atoms with van der Waals surface area (Å²) in [6, 6.07) is 5.55. The van der Waals surface area contributed by atoms with Crippen LogP contribution in [0.15, 0.2) is 18.2 Å². The van der Waals surface area contributed by atoms with Crippen molar-refractivity contribution in [2.24, 2.45) is 11.5 Å². The molecule has 0 aliphatic heterocycles. The molecule has 96 valence electrons. The Morgan fingerprint density at radius 3 is 2.47 bits per heavy atom. The van der Waals surface area contributed by atoms with Gasteiger partial charge in [-0.2, -0.15) is 0 Å². The fourth-order valence-electron chi connectivity index (χ4n) is 1.51. The maximum atomic E-state index is 5.89. The number of rotatable bonds is 6. The Balaban J connectivity index is 2.98. The smallest absolute Gasteiger partial charge is 0.161 e. The van der Waals surface area contributed by atoms with Crippen LogP contribution in [0.25, 0.3) is 0 Å². The first kappa shape index (κ1) is 13.8. The van der Waals surface area contributed by atoms with Crippen LogP contribution in [-0.4, -0.2) is 19.3 Å². The van der Waals surface area contributed by atoms with Gasteiger partial charge in [0.15, 0.2) is 11.5 Å². The van der Waals surface area contributed by atoms with Crippen molar-refractivity contribution < 1.29 is 9.47 Å². The van der Waals surface area contributed by atoms with Gasteiger partial charge >= 0.3 is 0 Å². The first-order valence-electron chi connectivity index (χ1n) is 5.97. The summed E-state index contributed by atoms with van der Waals surface area (Å²) in [6.45, 7) is 6.91. The van der Waals surface area contributed by atoms with Crippen LogP contribution in [0.2, 0.25) is 0 Å². The van der Waals surface area contributed by atoms with Gasteiger partial charge in [0.25, 0.3) is 0 Å². The third kappa shape index (κ3) is 3.91. The Labute approximate surface area is 103 Å². The van der Waals surface area contributed by atoms with Gasteiger partial charge in [-0.25, -0.2) is 0 Å². The topological polar surface area (TPSA) is 70.5 Å². The Kier molecular flexibility index (Phi) is 5.25. The summed E-state index contributed by atoms with van der Waals surface area (Å²) in [4.78, 5) is 0. The molecule has 1 aromatic carbocycles. The van der Waals surface area contributed by atoms with Crippen molar-refractivity contribution in [1.82, 2.24) is 0 Å². The summed E-state index contributed by atoms with van der Waals surface area (Å²) in [7, 11) is 0. The van der Waals surface area contributed by atoms with Gasteiger partial charge in [0.1, 0.15) is 0 Å². The third-order valence-electron chi connectivity index (χ3n) is 2.31. The molecule has 0 heterocycles. The van der Waals surface area contributed by atoms with E-state index in [1.807, 2.05) is 39.0 Å². The zero-order chi connectivity index (χ0) is 12.8. The molecule has 0 fully saturated rings. The van der Waals surface area contributed by atoms with Crippen molar-refractivity contribution in [1.29, 1.82) is 0 Å². The zero-order valence-corrected chi connectivity index (χ0v) is 10.8. The van der Waals surface area contributed by atoms with Crippen molar-refractivity contribution >= 4 is 0 Å². The second-order valence-corrected chi connectivity index (χ2v) is 4.15. The first-order valence-corrected chi connectivity index (χ1v) is 5.97. The average Bonchev–Trinajstić information content (AvgIpc) is 2.30. The second kappa shape index (κ2) is 6.47. The second-order valence-electron chi connectivity index (χ2n) is 4.15. The molecule has 1 atom stereocenters. The molecule has 0 spiro atoms. The number of ether oxygens (including phenoxy) is 2. The van der Waals surface area contributed by atoms with E-state index in [9.17, 15) is 0 Å². The van der Waals surface area contributed by atoms with Gasteiger partial charge in [0.2, 0.25) is 0 Å². The van der Waals surface area contributed by atoms with E-state index in [0.29, 0.717) is 13.2 Å². The van der Waals surface area contributed by atoms with E-state index < -0.39 is 0 Å². The lowest BCUT2D eigenvalue weighted by Crippen LogP contribution is -2.20. The summed E-state index contributed by atoms with van der Waals surface area (Å²) in [5.41, 5.74) is 12.4. The van der Waals surface area contributed by atoms with Gasteiger partial charge in [0.05, 0.1) is 12.7 Å². The lowest BCUT2D eigenvalue weighted by atomic mass is 10.1. The number of nitrogens with two attached hydrogens (primary N) is 2. The molecule has 1 rings (SSSR count). The van der Waals surface area contributed by atoms with Crippen LogP contribution in [0.3, 0.4) is 0 Å². The standard InChI is InChI=1S/C13H22N2O2/c1-4-16-13-7-10(11(15)8-14)5-6-12(13)17-9(2)3/h5-7,9,11H,4,8,14-15H2,1-3H3/t11-/m0/s1. The summed E-state index contributed by atoms with van der Waals surface area (Å²) in [6.07, 6.45) is 0.114. The summed E-state index contributed by atoms with van der Waals surface area (Å²) in [5.74, 6) is 1.47. The Bertz CT molecular complexity index is 353. The SMILES string of the molecule is CCOc1cc([C@@H](N)CN)ccc1OC(C)C. The van der Waals surface area contributed by atoms with Crippen molar-refractivity contribution in [3.8, 4) is 11.5 Å².